The Hall–Kier alpha value is -4.58. The van der Waals surface area contributed by atoms with Gasteiger partial charge in [0.1, 0.15) is 17.5 Å². The third-order valence-corrected chi connectivity index (χ3v) is 8.64. The van der Waals surface area contributed by atoms with E-state index >= 15 is 0 Å². The van der Waals surface area contributed by atoms with E-state index in [1.807, 2.05) is 0 Å². The van der Waals surface area contributed by atoms with Gasteiger partial charge in [-0.2, -0.15) is 13.2 Å². The molecule has 8 nitrogen and oxygen atoms in total. The van der Waals surface area contributed by atoms with Crippen LogP contribution in [-0.2, 0) is 30.0 Å². The molecule has 1 aliphatic heterocycles. The van der Waals surface area contributed by atoms with E-state index in [0.717, 1.165) is 19.2 Å². The van der Waals surface area contributed by atoms with Gasteiger partial charge >= 0.3 is 18.1 Å². The van der Waals surface area contributed by atoms with Crippen LogP contribution < -0.4 is 15.4 Å². The molecule has 0 saturated heterocycles. The summed E-state index contributed by atoms with van der Waals surface area (Å²) in [5, 5.41) is 1.76. The van der Waals surface area contributed by atoms with Crippen LogP contribution in [0, 0.1) is 5.92 Å². The van der Waals surface area contributed by atoms with Gasteiger partial charge in [-0.1, -0.05) is 24.3 Å². The average Bonchev–Trinajstić information content (AvgIpc) is 3.54. The Morgan fingerprint density at radius 1 is 1.00 bits per heavy atom. The number of nitrogens with zero attached hydrogens (tertiary/aromatic N) is 1. The number of carbonyl (C=O) groups excluding carboxylic acids is 3. The van der Waals surface area contributed by atoms with Crippen molar-refractivity contribution in [2.45, 2.75) is 24.4 Å². The van der Waals surface area contributed by atoms with Gasteiger partial charge < -0.3 is 19.9 Å². The number of benzene rings is 2. The lowest BCUT2D eigenvalue weighted by Crippen LogP contribution is -2.46. The summed E-state index contributed by atoms with van der Waals surface area (Å²) in [6.07, 6.45) is -4.66. The topological polar surface area (TPSA) is 108 Å². The Morgan fingerprint density at radius 2 is 1.72 bits per heavy atom. The summed E-state index contributed by atoms with van der Waals surface area (Å²) in [6.45, 7) is 0. The van der Waals surface area contributed by atoms with E-state index in [-0.39, 0.29) is 34.8 Å². The number of nitrogens with two attached hydrogens (primary N) is 1. The van der Waals surface area contributed by atoms with Crippen LogP contribution in [0.3, 0.4) is 0 Å². The molecule has 3 atom stereocenters. The molecule has 0 unspecified atom stereocenters. The van der Waals surface area contributed by atoms with Crippen molar-refractivity contribution in [3.63, 3.8) is 0 Å². The summed E-state index contributed by atoms with van der Waals surface area (Å²) in [5.41, 5.74) is 6.52. The summed E-state index contributed by atoms with van der Waals surface area (Å²) >= 11 is 1.26. The summed E-state index contributed by atoms with van der Waals surface area (Å²) in [5.74, 6) is -5.00. The first kappa shape index (κ1) is 29.9. The molecule has 0 amide bonds. The Bertz CT molecular complexity index is 1630. The standard InChI is InChI=1S/C31H27F3N2O6S/c1-40-19-11-9-16(10-12-19)20-15-21-24(27(37)23(20)29(38)41-2)25(22-8-5-13-43-22)26(30(39)42-3)28(35)36(21)18-7-4-6-17(14-18)31(32,33)34/h4-14,20,23,25H,15,35H2,1-3H3/t20-,23+,25-/m0/s1. The fourth-order valence-corrected chi connectivity index (χ4v) is 6.60. The number of esters is 2. The highest BCUT2D eigenvalue weighted by molar-refractivity contribution is 7.10. The first-order valence-electron chi connectivity index (χ1n) is 13.1. The number of methoxy groups -OCH3 is 3. The molecule has 0 spiro atoms. The third kappa shape index (κ3) is 5.27. The Balaban J connectivity index is 1.81. The van der Waals surface area contributed by atoms with E-state index in [9.17, 15) is 27.6 Å². The normalized spacial score (nSPS) is 20.6. The van der Waals surface area contributed by atoms with Gasteiger partial charge in [-0.05, 0) is 53.8 Å². The lowest BCUT2D eigenvalue weighted by atomic mass is 9.68. The maximum atomic E-state index is 14.5. The fourth-order valence-electron chi connectivity index (χ4n) is 5.76. The molecule has 0 fully saturated rings. The smallest absolute Gasteiger partial charge is 0.416 e. The van der Waals surface area contributed by atoms with Crippen molar-refractivity contribution in [1.29, 1.82) is 0 Å². The number of halogens is 3. The number of allylic oxidation sites excluding steroid dienone is 2. The van der Waals surface area contributed by atoms with Crippen LogP contribution in [0.15, 0.2) is 88.7 Å². The molecule has 0 radical (unpaired) electrons. The zero-order valence-electron chi connectivity index (χ0n) is 23.3. The first-order valence-corrected chi connectivity index (χ1v) is 14.0. The van der Waals surface area contributed by atoms with Gasteiger partial charge in [-0.25, -0.2) is 4.79 Å². The van der Waals surface area contributed by atoms with E-state index in [1.165, 1.54) is 42.6 Å². The molecule has 0 bridgehead atoms. The van der Waals surface area contributed by atoms with Gasteiger partial charge in [0, 0.05) is 27.8 Å². The van der Waals surface area contributed by atoms with Gasteiger partial charge in [0.2, 0.25) is 0 Å². The Morgan fingerprint density at radius 3 is 2.30 bits per heavy atom. The number of carbonyl (C=O) groups is 3. The minimum Gasteiger partial charge on any atom is -0.497 e. The zero-order chi connectivity index (χ0) is 31.1. The van der Waals surface area contributed by atoms with Crippen LogP contribution in [0.1, 0.15) is 34.3 Å². The minimum absolute atomic E-state index is 0.0105. The second-order valence-corrected chi connectivity index (χ2v) is 10.9. The van der Waals surface area contributed by atoms with Gasteiger partial charge in [0.25, 0.3) is 0 Å². The Labute approximate surface area is 249 Å². The average molecular weight is 613 g/mol. The molecule has 0 saturated carbocycles. The molecule has 1 aliphatic carbocycles. The van der Waals surface area contributed by atoms with E-state index < -0.39 is 47.2 Å². The van der Waals surface area contributed by atoms with Gasteiger partial charge in [-0.3, -0.25) is 14.5 Å². The summed E-state index contributed by atoms with van der Waals surface area (Å²) in [4.78, 5) is 42.9. The molecule has 3 aromatic rings. The molecule has 224 valence electrons. The number of alkyl halides is 3. The predicted octanol–water partition coefficient (Wildman–Crippen LogP) is 5.52. The zero-order valence-corrected chi connectivity index (χ0v) is 24.1. The van der Waals surface area contributed by atoms with E-state index in [2.05, 4.69) is 0 Å². The van der Waals surface area contributed by atoms with Crippen molar-refractivity contribution >= 4 is 34.7 Å². The molecule has 2 aromatic carbocycles. The van der Waals surface area contributed by atoms with Crippen molar-refractivity contribution in [2.24, 2.45) is 11.7 Å². The highest BCUT2D eigenvalue weighted by atomic mass is 32.1. The molecule has 2 aliphatic rings. The van der Waals surface area contributed by atoms with Crippen LogP contribution in [-0.4, -0.2) is 39.1 Å². The number of anilines is 1. The van der Waals surface area contributed by atoms with Crippen LogP contribution in [0.25, 0.3) is 0 Å². The second kappa shape index (κ2) is 11.6. The predicted molar refractivity (Wildman–Crippen MR) is 152 cm³/mol. The monoisotopic (exact) mass is 612 g/mol. The number of ether oxygens (including phenoxy) is 3. The van der Waals surface area contributed by atoms with E-state index in [0.29, 0.717) is 16.2 Å². The van der Waals surface area contributed by atoms with Crippen molar-refractivity contribution in [1.82, 2.24) is 0 Å². The number of thiophene rings is 1. The summed E-state index contributed by atoms with van der Waals surface area (Å²) < 4.78 is 56.8. The molecular formula is C31H27F3N2O6S. The highest BCUT2D eigenvalue weighted by Crippen LogP contribution is 2.52. The lowest BCUT2D eigenvalue weighted by molar-refractivity contribution is -0.150. The van der Waals surface area contributed by atoms with E-state index in [1.54, 1.807) is 41.8 Å². The Kier molecular flexibility index (Phi) is 8.06. The van der Waals surface area contributed by atoms with Crippen LogP contribution >= 0.6 is 11.3 Å². The SMILES string of the molecule is COC(=O)C1=C(N)N(c2cccc(C(F)(F)F)c2)C2=C(C(=O)[C@H](C(=O)OC)[C@H](c3ccc(OC)cc3)C2)[C@@H]1c1cccs1. The summed E-state index contributed by atoms with van der Waals surface area (Å²) in [7, 11) is 3.82. The number of Topliss-reactive ketones (excluding diaryl/α,β-unsaturated/α-hetero) is 1. The molecule has 2 N–H and O–H groups in total. The van der Waals surface area contributed by atoms with Gasteiger partial charge in [-0.15, -0.1) is 11.3 Å². The fraction of sp³-hybridized carbons (Fsp3) is 0.258. The maximum Gasteiger partial charge on any atom is 0.416 e. The third-order valence-electron chi connectivity index (χ3n) is 7.70. The molecule has 12 heteroatoms. The number of rotatable bonds is 6. The van der Waals surface area contributed by atoms with Crippen molar-refractivity contribution in [3.8, 4) is 5.75 Å². The van der Waals surface area contributed by atoms with Crippen LogP contribution in [0.4, 0.5) is 18.9 Å². The lowest BCUT2D eigenvalue weighted by Gasteiger charge is -2.43. The van der Waals surface area contributed by atoms with Gasteiger partial charge in [0.05, 0.1) is 38.4 Å². The minimum atomic E-state index is -4.67. The van der Waals surface area contributed by atoms with Crippen molar-refractivity contribution in [3.05, 3.63) is 105 Å². The molecule has 1 aromatic heterocycles. The quantitative estimate of drug-likeness (QED) is 0.286. The van der Waals surface area contributed by atoms with Gasteiger partial charge in [0.15, 0.2) is 5.78 Å². The number of hydrogen-bond donors (Lipinski definition) is 1. The molecular weight excluding hydrogens is 585 g/mol. The number of ketones is 1. The van der Waals surface area contributed by atoms with Crippen LogP contribution in [0.5, 0.6) is 5.75 Å². The van der Waals surface area contributed by atoms with Crippen molar-refractivity contribution in [2.75, 3.05) is 26.2 Å². The summed E-state index contributed by atoms with van der Waals surface area (Å²) in [6, 6.07) is 14.7. The molecule has 5 rings (SSSR count). The number of hydrogen-bond acceptors (Lipinski definition) is 9. The highest BCUT2D eigenvalue weighted by Gasteiger charge is 2.51. The van der Waals surface area contributed by atoms with Crippen molar-refractivity contribution < 1.29 is 41.8 Å². The first-order chi connectivity index (χ1) is 20.5. The molecule has 43 heavy (non-hydrogen) atoms. The largest absolute Gasteiger partial charge is 0.497 e. The maximum absolute atomic E-state index is 14.5. The second-order valence-electron chi connectivity index (χ2n) is 9.93. The van der Waals surface area contributed by atoms with E-state index in [4.69, 9.17) is 19.9 Å². The van der Waals surface area contributed by atoms with Crippen LogP contribution in [0.2, 0.25) is 0 Å². The molecule has 2 heterocycles.